The van der Waals surface area contributed by atoms with Gasteiger partial charge in [-0.15, -0.1) is 0 Å². The maximum atomic E-state index is 13.2. The third-order valence-corrected chi connectivity index (χ3v) is 7.75. The van der Waals surface area contributed by atoms with Crippen molar-refractivity contribution in [2.45, 2.75) is 11.5 Å². The Kier molecular flexibility index (Phi) is 9.21. The molecular weight excluding hydrogens is 528 g/mol. The summed E-state index contributed by atoms with van der Waals surface area (Å²) >= 11 is 5.38. The Morgan fingerprint density at radius 1 is 1.03 bits per heavy atom. The van der Waals surface area contributed by atoms with Crippen LogP contribution in [0.4, 0.5) is 20.2 Å². The highest BCUT2D eigenvalue weighted by molar-refractivity contribution is 7.89. The van der Waals surface area contributed by atoms with E-state index in [9.17, 15) is 17.2 Å². The first-order chi connectivity index (χ1) is 17.8. The first-order valence-corrected chi connectivity index (χ1v) is 13.4. The molecule has 2 saturated heterocycles. The summed E-state index contributed by atoms with van der Waals surface area (Å²) in [6, 6.07) is 10.9. The minimum Gasteiger partial charge on any atom is -0.435 e. The number of thiocarbonyl (C=S) groups is 1. The number of sulfonamides is 1. The van der Waals surface area contributed by atoms with Gasteiger partial charge in [-0.1, -0.05) is 0 Å². The lowest BCUT2D eigenvalue weighted by Crippen LogP contribution is -2.40. The molecule has 4 rings (SSSR count). The molecule has 0 atom stereocenters. The van der Waals surface area contributed by atoms with Crippen LogP contribution in [0.2, 0.25) is 0 Å². The van der Waals surface area contributed by atoms with E-state index >= 15 is 0 Å². The second kappa shape index (κ2) is 12.6. The second-order valence-corrected chi connectivity index (χ2v) is 10.4. The monoisotopic (exact) mass is 555 g/mol. The number of morpholine rings is 2. The van der Waals surface area contributed by atoms with Crippen molar-refractivity contribution in [3.05, 3.63) is 48.0 Å². The molecule has 10 nitrogen and oxygen atoms in total. The number of rotatable bonds is 8. The third-order valence-electron chi connectivity index (χ3n) is 5.66. The van der Waals surface area contributed by atoms with Crippen molar-refractivity contribution in [2.75, 3.05) is 62.8 Å². The predicted octanol–water partition coefficient (Wildman–Crippen LogP) is 2.47. The largest absolute Gasteiger partial charge is 0.435 e. The lowest BCUT2D eigenvalue weighted by Gasteiger charge is -2.31. The van der Waals surface area contributed by atoms with Crippen LogP contribution in [0.1, 0.15) is 5.56 Å². The van der Waals surface area contributed by atoms with Crippen molar-refractivity contribution >= 4 is 44.9 Å². The van der Waals surface area contributed by atoms with E-state index in [1.165, 1.54) is 22.7 Å². The zero-order valence-corrected chi connectivity index (χ0v) is 21.4. The van der Waals surface area contributed by atoms with Gasteiger partial charge in [-0.25, -0.2) is 8.42 Å². The number of nitrogens with zero attached hydrogens (tertiary/aromatic N) is 3. The van der Waals surface area contributed by atoms with Gasteiger partial charge in [0.15, 0.2) is 5.11 Å². The van der Waals surface area contributed by atoms with E-state index in [0.717, 1.165) is 5.69 Å². The van der Waals surface area contributed by atoms with Gasteiger partial charge in [-0.05, 0) is 60.2 Å². The van der Waals surface area contributed by atoms with E-state index < -0.39 is 16.6 Å². The minimum atomic E-state index is -3.71. The number of ether oxygens (including phenoxy) is 3. The summed E-state index contributed by atoms with van der Waals surface area (Å²) in [5.41, 5.74) is 4.62. The van der Waals surface area contributed by atoms with Crippen LogP contribution >= 0.6 is 12.2 Å². The molecule has 0 aliphatic carbocycles. The molecule has 2 aromatic carbocycles. The lowest BCUT2D eigenvalue weighted by atomic mass is 10.2. The quantitative estimate of drug-likeness (QED) is 0.289. The van der Waals surface area contributed by atoms with Crippen LogP contribution in [-0.4, -0.2) is 83.3 Å². The van der Waals surface area contributed by atoms with E-state index in [1.807, 2.05) is 0 Å². The summed E-state index contributed by atoms with van der Waals surface area (Å²) in [6.07, 6.45) is 1.46. The highest BCUT2D eigenvalue weighted by Crippen LogP contribution is 2.31. The molecule has 2 aliphatic rings. The Labute approximate surface area is 219 Å². The molecule has 200 valence electrons. The zero-order valence-electron chi connectivity index (χ0n) is 19.8. The molecule has 0 bridgehead atoms. The predicted molar refractivity (Wildman–Crippen MR) is 139 cm³/mol. The molecule has 2 heterocycles. The first kappa shape index (κ1) is 27.1. The topological polar surface area (TPSA) is 105 Å². The molecule has 0 radical (unpaired) electrons. The average Bonchev–Trinajstić information content (AvgIpc) is 2.90. The number of hydrazone groups is 1. The number of halogens is 2. The Bertz CT molecular complexity index is 1200. The van der Waals surface area contributed by atoms with E-state index in [2.05, 4.69) is 25.5 Å². The fraction of sp³-hybridized carbons (Fsp3) is 0.391. The van der Waals surface area contributed by atoms with Gasteiger partial charge in [0.2, 0.25) is 10.0 Å². The van der Waals surface area contributed by atoms with Crippen LogP contribution < -0.4 is 20.4 Å². The number of alkyl halides is 2. The summed E-state index contributed by atoms with van der Waals surface area (Å²) in [7, 11) is -3.71. The van der Waals surface area contributed by atoms with E-state index in [-0.39, 0.29) is 15.8 Å². The maximum absolute atomic E-state index is 13.2. The molecule has 2 aliphatic heterocycles. The van der Waals surface area contributed by atoms with Crippen molar-refractivity contribution < 1.29 is 31.4 Å². The van der Waals surface area contributed by atoms with Crippen LogP contribution in [0.3, 0.4) is 0 Å². The van der Waals surface area contributed by atoms with E-state index in [4.69, 9.17) is 21.7 Å². The lowest BCUT2D eigenvalue weighted by molar-refractivity contribution is -0.0498. The fourth-order valence-corrected chi connectivity index (χ4v) is 5.44. The molecule has 2 N–H and O–H groups in total. The van der Waals surface area contributed by atoms with Gasteiger partial charge in [0.1, 0.15) is 5.75 Å². The highest BCUT2D eigenvalue weighted by Gasteiger charge is 2.28. The Balaban J connectivity index is 1.48. The molecule has 2 aromatic rings. The Morgan fingerprint density at radius 2 is 1.68 bits per heavy atom. The van der Waals surface area contributed by atoms with Crippen molar-refractivity contribution in [1.29, 1.82) is 0 Å². The van der Waals surface area contributed by atoms with Gasteiger partial charge >= 0.3 is 6.61 Å². The van der Waals surface area contributed by atoms with Gasteiger partial charge in [-0.3, -0.25) is 5.43 Å². The van der Waals surface area contributed by atoms with Gasteiger partial charge in [0.05, 0.1) is 48.9 Å². The number of anilines is 2. The smallest absolute Gasteiger partial charge is 0.387 e. The summed E-state index contributed by atoms with van der Waals surface area (Å²) in [5, 5.41) is 7.27. The molecule has 37 heavy (non-hydrogen) atoms. The van der Waals surface area contributed by atoms with Crippen molar-refractivity contribution in [3.8, 4) is 5.75 Å². The SMILES string of the molecule is O=S(=O)(c1ccc(N2CCOCC2)c(NC(=S)N/N=C/c2ccc(OC(F)F)cc2)c1)N1CCOCC1. The fourth-order valence-electron chi connectivity index (χ4n) is 3.84. The van der Waals surface area contributed by atoms with Crippen LogP contribution in [0, 0.1) is 0 Å². The van der Waals surface area contributed by atoms with Crippen molar-refractivity contribution in [3.63, 3.8) is 0 Å². The summed E-state index contributed by atoms with van der Waals surface area (Å²) in [6.45, 7) is 0.800. The molecular formula is C23H27F2N5O5S2. The zero-order chi connectivity index (χ0) is 26.3. The molecule has 14 heteroatoms. The van der Waals surface area contributed by atoms with Crippen LogP contribution in [-0.2, 0) is 19.5 Å². The molecule has 0 spiro atoms. The minimum absolute atomic E-state index is 0.0415. The van der Waals surface area contributed by atoms with Crippen LogP contribution in [0.15, 0.2) is 52.5 Å². The molecule has 0 saturated carbocycles. The van der Waals surface area contributed by atoms with E-state index in [0.29, 0.717) is 63.9 Å². The highest BCUT2D eigenvalue weighted by atomic mass is 32.2. The van der Waals surface area contributed by atoms with Gasteiger partial charge in [-0.2, -0.15) is 18.2 Å². The standard InChI is InChI=1S/C23H27F2N5O5S2/c24-22(25)35-18-3-1-17(2-4-18)16-26-28-23(36)27-20-15-19(37(31,32)30-9-13-34-14-10-30)5-6-21(20)29-7-11-33-12-8-29/h1-6,15-16,22H,7-14H2,(H2,27,28,36)/b26-16+. The van der Waals surface area contributed by atoms with Gasteiger partial charge in [0.25, 0.3) is 0 Å². The number of benzene rings is 2. The van der Waals surface area contributed by atoms with Crippen molar-refractivity contribution in [1.82, 2.24) is 9.73 Å². The average molecular weight is 556 g/mol. The van der Waals surface area contributed by atoms with Gasteiger partial charge in [0, 0.05) is 26.2 Å². The molecule has 2 fully saturated rings. The molecule has 0 amide bonds. The summed E-state index contributed by atoms with van der Waals surface area (Å²) in [4.78, 5) is 2.23. The maximum Gasteiger partial charge on any atom is 0.387 e. The summed E-state index contributed by atoms with van der Waals surface area (Å²) < 4.78 is 67.5. The number of hydrogen-bond donors (Lipinski definition) is 2. The van der Waals surface area contributed by atoms with E-state index in [1.54, 1.807) is 30.3 Å². The third kappa shape index (κ3) is 7.32. The van der Waals surface area contributed by atoms with Crippen molar-refractivity contribution in [2.24, 2.45) is 5.10 Å². The van der Waals surface area contributed by atoms with Gasteiger partial charge < -0.3 is 24.4 Å². The molecule has 0 aromatic heterocycles. The Hall–Kier alpha value is -2.91. The normalized spacial score (nSPS) is 17.2. The number of hydrogen-bond acceptors (Lipinski definition) is 8. The summed E-state index contributed by atoms with van der Waals surface area (Å²) in [5.74, 6) is 0.0415. The van der Waals surface area contributed by atoms with Crippen LogP contribution in [0.25, 0.3) is 0 Å². The molecule has 0 unspecified atom stereocenters. The second-order valence-electron chi connectivity index (χ2n) is 8.07. The Morgan fingerprint density at radius 3 is 2.32 bits per heavy atom. The first-order valence-electron chi connectivity index (χ1n) is 11.5. The number of nitrogens with one attached hydrogen (secondary N) is 2. The van der Waals surface area contributed by atoms with Crippen LogP contribution in [0.5, 0.6) is 5.75 Å².